The Bertz CT molecular complexity index is 1010. The molecule has 0 fully saturated rings. The first-order valence-electron chi connectivity index (χ1n) is 9.07. The summed E-state index contributed by atoms with van der Waals surface area (Å²) in [7, 11) is -3.92. The Kier molecular flexibility index (Phi) is 5.00. The summed E-state index contributed by atoms with van der Waals surface area (Å²) in [4.78, 5) is 11.4. The van der Waals surface area contributed by atoms with E-state index in [0.717, 1.165) is 5.56 Å². The van der Waals surface area contributed by atoms with Crippen LogP contribution in [0.1, 0.15) is 46.1 Å². The molecule has 1 aromatic rings. The van der Waals surface area contributed by atoms with Gasteiger partial charge in [-0.15, -0.1) is 0 Å². The number of allylic oxidation sites excluding steroid dienone is 3. The molecule has 1 aromatic carbocycles. The molecule has 0 radical (unpaired) electrons. The van der Waals surface area contributed by atoms with Crippen molar-refractivity contribution in [2.24, 2.45) is 0 Å². The molecule has 0 bridgehead atoms. The van der Waals surface area contributed by atoms with Gasteiger partial charge in [0.05, 0.1) is 17.4 Å². The minimum atomic E-state index is -3.92. The van der Waals surface area contributed by atoms with Gasteiger partial charge in [-0.2, -0.15) is 0 Å². The maximum Gasteiger partial charge on any atom is 0.307 e. The molecule has 0 amide bonds. The molecule has 1 aliphatic heterocycles. The number of hydrogen-bond donors (Lipinski definition) is 1. The summed E-state index contributed by atoms with van der Waals surface area (Å²) in [6.45, 7) is 7.71. The van der Waals surface area contributed by atoms with E-state index in [1.54, 1.807) is 31.2 Å². The molecule has 0 spiro atoms. The van der Waals surface area contributed by atoms with Gasteiger partial charge in [-0.05, 0) is 59.8 Å². The van der Waals surface area contributed by atoms with Crippen LogP contribution in [0.15, 0.2) is 64.0 Å². The average molecular weight is 405 g/mol. The maximum atomic E-state index is 13.8. The third-order valence-corrected chi connectivity index (χ3v) is 7.11. The molecule has 0 aromatic heterocycles. The summed E-state index contributed by atoms with van der Waals surface area (Å²) in [5.74, 6) is -1.56. The van der Waals surface area contributed by atoms with Crippen molar-refractivity contribution in [3.63, 3.8) is 0 Å². The van der Waals surface area contributed by atoms with Gasteiger partial charge in [-0.3, -0.25) is 9.10 Å². The number of nitrogens with zero attached hydrogens (tertiary/aromatic N) is 1. The van der Waals surface area contributed by atoms with E-state index < -0.39 is 27.9 Å². The Balaban J connectivity index is 2.07. The standard InChI is InChI=1S/C21H24FNO4S/c1-13-17(12-20(24)25)18-11-15(22)7-10-19(18)23(13)28(26,27)16-8-5-14(6-9-16)21(2,3)4/h5-9,11,19H,10,12H2,1-4H3,(H,24,25). The van der Waals surface area contributed by atoms with E-state index in [4.69, 9.17) is 0 Å². The summed E-state index contributed by atoms with van der Waals surface area (Å²) in [6, 6.07) is 6.10. The highest BCUT2D eigenvalue weighted by atomic mass is 32.2. The predicted octanol–water partition coefficient (Wildman–Crippen LogP) is 4.29. The number of carbonyl (C=O) groups is 1. The van der Waals surface area contributed by atoms with E-state index in [9.17, 15) is 22.7 Å². The fourth-order valence-corrected chi connectivity index (χ4v) is 5.42. The van der Waals surface area contributed by atoms with E-state index in [1.165, 1.54) is 16.5 Å². The summed E-state index contributed by atoms with van der Waals surface area (Å²) < 4.78 is 41.8. The van der Waals surface area contributed by atoms with Gasteiger partial charge in [0.1, 0.15) is 5.83 Å². The number of aliphatic carboxylic acids is 1. The Morgan fingerprint density at radius 3 is 2.39 bits per heavy atom. The number of benzene rings is 1. The minimum absolute atomic E-state index is 0.109. The van der Waals surface area contributed by atoms with Gasteiger partial charge in [0, 0.05) is 5.70 Å². The molecule has 2 aliphatic rings. The Hall–Kier alpha value is -2.41. The highest BCUT2D eigenvalue weighted by Gasteiger charge is 2.42. The molecule has 5 nitrogen and oxygen atoms in total. The number of halogens is 1. The monoisotopic (exact) mass is 405 g/mol. The second-order valence-electron chi connectivity index (χ2n) is 8.15. The zero-order valence-electron chi connectivity index (χ0n) is 16.4. The van der Waals surface area contributed by atoms with Crippen molar-refractivity contribution in [3.05, 3.63) is 64.7 Å². The number of rotatable bonds is 4. The number of fused-ring (bicyclic) bond motifs is 1. The third-order valence-electron chi connectivity index (χ3n) is 5.19. The highest BCUT2D eigenvalue weighted by Crippen LogP contribution is 2.43. The number of sulfonamides is 1. The van der Waals surface area contributed by atoms with E-state index in [2.05, 4.69) is 0 Å². The summed E-state index contributed by atoms with van der Waals surface area (Å²) in [5.41, 5.74) is 2.02. The van der Waals surface area contributed by atoms with Crippen LogP contribution in [-0.2, 0) is 20.2 Å². The zero-order valence-corrected chi connectivity index (χ0v) is 17.2. The lowest BCUT2D eigenvalue weighted by molar-refractivity contribution is -0.136. The fourth-order valence-electron chi connectivity index (χ4n) is 3.71. The van der Waals surface area contributed by atoms with Crippen LogP contribution in [-0.4, -0.2) is 29.8 Å². The molecular weight excluding hydrogens is 381 g/mol. The molecule has 1 N–H and O–H groups in total. The first kappa shape index (κ1) is 20.3. The first-order chi connectivity index (χ1) is 12.9. The first-order valence-corrected chi connectivity index (χ1v) is 10.5. The molecule has 1 heterocycles. The predicted molar refractivity (Wildman–Crippen MR) is 105 cm³/mol. The molecule has 28 heavy (non-hydrogen) atoms. The maximum absolute atomic E-state index is 13.8. The van der Waals surface area contributed by atoms with E-state index in [1.807, 2.05) is 20.8 Å². The van der Waals surface area contributed by atoms with Gasteiger partial charge < -0.3 is 5.11 Å². The number of carboxylic acid groups (broad SMARTS) is 1. The zero-order chi connectivity index (χ0) is 20.9. The Labute approximate surface area is 164 Å². The van der Waals surface area contributed by atoms with Crippen molar-refractivity contribution in [2.75, 3.05) is 0 Å². The number of hydrogen-bond acceptors (Lipinski definition) is 3. The van der Waals surface area contributed by atoms with Crippen LogP contribution in [0.25, 0.3) is 0 Å². The van der Waals surface area contributed by atoms with Crippen molar-refractivity contribution in [1.29, 1.82) is 0 Å². The van der Waals surface area contributed by atoms with Crippen LogP contribution in [0.4, 0.5) is 4.39 Å². The molecule has 1 aliphatic carbocycles. The van der Waals surface area contributed by atoms with Gasteiger partial charge in [0.15, 0.2) is 0 Å². The van der Waals surface area contributed by atoms with Crippen LogP contribution < -0.4 is 0 Å². The lowest BCUT2D eigenvalue weighted by Gasteiger charge is -2.29. The van der Waals surface area contributed by atoms with Crippen LogP contribution in [0.2, 0.25) is 0 Å². The lowest BCUT2D eigenvalue weighted by Crippen LogP contribution is -2.36. The average Bonchev–Trinajstić information content (AvgIpc) is 2.86. The van der Waals surface area contributed by atoms with Crippen molar-refractivity contribution < 1.29 is 22.7 Å². The topological polar surface area (TPSA) is 74.7 Å². The minimum Gasteiger partial charge on any atom is -0.481 e. The van der Waals surface area contributed by atoms with Crippen molar-refractivity contribution in [2.45, 2.75) is 56.9 Å². The van der Waals surface area contributed by atoms with Crippen LogP contribution in [0.3, 0.4) is 0 Å². The molecular formula is C21H24FNO4S. The van der Waals surface area contributed by atoms with Gasteiger partial charge in [-0.25, -0.2) is 12.8 Å². The molecule has 150 valence electrons. The summed E-state index contributed by atoms with van der Waals surface area (Å²) in [5, 5.41) is 9.22. The smallest absolute Gasteiger partial charge is 0.307 e. The van der Waals surface area contributed by atoms with Gasteiger partial charge >= 0.3 is 5.97 Å². The SMILES string of the molecule is CC1=C(CC(=O)O)C2=CC(F)=CCC2N1S(=O)(=O)c1ccc(C(C)(C)C)cc1. The molecule has 1 unspecified atom stereocenters. The van der Waals surface area contributed by atoms with Gasteiger partial charge in [0.25, 0.3) is 10.0 Å². The molecule has 3 rings (SSSR count). The number of carboxylic acids is 1. The second kappa shape index (κ2) is 6.88. The van der Waals surface area contributed by atoms with Crippen LogP contribution >= 0.6 is 0 Å². The van der Waals surface area contributed by atoms with Gasteiger partial charge in [0.2, 0.25) is 0 Å². The van der Waals surface area contributed by atoms with Crippen LogP contribution in [0.5, 0.6) is 0 Å². The largest absolute Gasteiger partial charge is 0.481 e. The van der Waals surface area contributed by atoms with Crippen molar-refractivity contribution >= 4 is 16.0 Å². The van der Waals surface area contributed by atoms with Crippen molar-refractivity contribution in [1.82, 2.24) is 4.31 Å². The van der Waals surface area contributed by atoms with E-state index >= 15 is 0 Å². The van der Waals surface area contributed by atoms with Crippen LogP contribution in [0, 0.1) is 0 Å². The summed E-state index contributed by atoms with van der Waals surface area (Å²) >= 11 is 0. The summed E-state index contributed by atoms with van der Waals surface area (Å²) in [6.07, 6.45) is 2.39. The van der Waals surface area contributed by atoms with E-state index in [-0.39, 0.29) is 23.2 Å². The Morgan fingerprint density at radius 1 is 1.25 bits per heavy atom. The third kappa shape index (κ3) is 3.51. The quantitative estimate of drug-likeness (QED) is 0.811. The van der Waals surface area contributed by atoms with Crippen molar-refractivity contribution in [3.8, 4) is 0 Å². The van der Waals surface area contributed by atoms with E-state index in [0.29, 0.717) is 16.8 Å². The molecule has 1 atom stereocenters. The molecule has 0 saturated carbocycles. The highest BCUT2D eigenvalue weighted by molar-refractivity contribution is 7.89. The molecule has 0 saturated heterocycles. The van der Waals surface area contributed by atoms with Gasteiger partial charge in [-0.1, -0.05) is 32.9 Å². The normalized spacial score (nSPS) is 20.0. The second-order valence-corrected chi connectivity index (χ2v) is 9.96. The Morgan fingerprint density at radius 2 is 1.86 bits per heavy atom. The molecule has 7 heteroatoms. The lowest BCUT2D eigenvalue weighted by atomic mass is 9.87. The fraction of sp³-hybridized carbons (Fsp3) is 0.381.